The number of methoxy groups -OCH3 is 1. The summed E-state index contributed by atoms with van der Waals surface area (Å²) < 4.78 is 47.5. The number of carbonyl (C=O) groups is 1. The smallest absolute Gasteiger partial charge is 0.470 e. The van der Waals surface area contributed by atoms with Crippen LogP contribution in [0.15, 0.2) is 28.7 Å². The third-order valence-corrected chi connectivity index (χ3v) is 4.16. The first kappa shape index (κ1) is 18.0. The summed E-state index contributed by atoms with van der Waals surface area (Å²) in [7, 11) is 1.51. The largest absolute Gasteiger partial charge is 0.495 e. The highest BCUT2D eigenvalue weighted by atomic mass is 19.4. The van der Waals surface area contributed by atoms with Gasteiger partial charge in [-0.1, -0.05) is 12.1 Å². The zero-order valence-corrected chi connectivity index (χ0v) is 13.9. The quantitative estimate of drug-likeness (QED) is 0.894. The van der Waals surface area contributed by atoms with Gasteiger partial charge < -0.3 is 19.4 Å². The van der Waals surface area contributed by atoms with Crippen LogP contribution in [0.2, 0.25) is 0 Å². The Morgan fingerprint density at radius 3 is 2.58 bits per heavy atom. The molecule has 1 aliphatic heterocycles. The Morgan fingerprint density at radius 1 is 1.27 bits per heavy atom. The number of piperidine rings is 1. The van der Waals surface area contributed by atoms with Crippen molar-refractivity contribution in [2.24, 2.45) is 0 Å². The number of likely N-dealkylation sites (tertiary alicyclic amines) is 1. The molecule has 140 valence electrons. The zero-order chi connectivity index (χ0) is 18.7. The van der Waals surface area contributed by atoms with E-state index in [9.17, 15) is 18.0 Å². The van der Waals surface area contributed by atoms with Crippen LogP contribution < -0.4 is 10.1 Å². The second-order valence-electron chi connectivity index (χ2n) is 5.83. The molecule has 0 atom stereocenters. The Kier molecular flexibility index (Phi) is 5.01. The first-order valence-corrected chi connectivity index (χ1v) is 7.98. The molecule has 2 heterocycles. The van der Waals surface area contributed by atoms with Crippen LogP contribution >= 0.6 is 0 Å². The van der Waals surface area contributed by atoms with E-state index >= 15 is 0 Å². The van der Waals surface area contributed by atoms with Crippen molar-refractivity contribution in [3.8, 4) is 5.75 Å². The second kappa shape index (κ2) is 7.22. The number of urea groups is 1. The van der Waals surface area contributed by atoms with E-state index in [1.807, 2.05) is 0 Å². The van der Waals surface area contributed by atoms with Gasteiger partial charge in [-0.2, -0.15) is 13.2 Å². The van der Waals surface area contributed by atoms with Gasteiger partial charge in [0, 0.05) is 19.0 Å². The van der Waals surface area contributed by atoms with E-state index in [4.69, 9.17) is 9.15 Å². The van der Waals surface area contributed by atoms with Crippen molar-refractivity contribution in [1.82, 2.24) is 15.1 Å². The monoisotopic (exact) mass is 370 g/mol. The van der Waals surface area contributed by atoms with Gasteiger partial charge in [-0.05, 0) is 25.0 Å². The van der Waals surface area contributed by atoms with Crippen molar-refractivity contribution in [3.63, 3.8) is 0 Å². The lowest BCUT2D eigenvalue weighted by Crippen LogP contribution is -2.40. The topological polar surface area (TPSA) is 80.5 Å². The molecular formula is C16H17F3N4O3. The number of hydrogen-bond donors (Lipinski definition) is 1. The molecule has 1 fully saturated rings. The molecule has 0 unspecified atom stereocenters. The van der Waals surface area contributed by atoms with Crippen LogP contribution in [0.5, 0.6) is 5.75 Å². The van der Waals surface area contributed by atoms with Crippen LogP contribution in [0, 0.1) is 0 Å². The molecule has 0 aliphatic carbocycles. The second-order valence-corrected chi connectivity index (χ2v) is 5.83. The predicted molar refractivity (Wildman–Crippen MR) is 84.9 cm³/mol. The number of ether oxygens (including phenoxy) is 1. The average Bonchev–Trinajstić information content (AvgIpc) is 3.13. The molecule has 7 nitrogen and oxygen atoms in total. The van der Waals surface area contributed by atoms with E-state index in [0.29, 0.717) is 37.4 Å². The highest BCUT2D eigenvalue weighted by Crippen LogP contribution is 2.33. The third-order valence-electron chi connectivity index (χ3n) is 4.16. The molecule has 1 aromatic heterocycles. The number of amides is 2. The van der Waals surface area contributed by atoms with Crippen molar-refractivity contribution in [2.45, 2.75) is 24.9 Å². The summed E-state index contributed by atoms with van der Waals surface area (Å²) in [6.45, 7) is 0.741. The van der Waals surface area contributed by atoms with Gasteiger partial charge in [0.1, 0.15) is 5.75 Å². The van der Waals surface area contributed by atoms with E-state index < -0.39 is 12.1 Å². The van der Waals surface area contributed by atoms with Gasteiger partial charge in [-0.3, -0.25) is 0 Å². The molecule has 1 saturated heterocycles. The Morgan fingerprint density at radius 2 is 1.96 bits per heavy atom. The summed E-state index contributed by atoms with van der Waals surface area (Å²) >= 11 is 0. The highest BCUT2D eigenvalue weighted by Gasteiger charge is 2.39. The van der Waals surface area contributed by atoms with Gasteiger partial charge in [0.2, 0.25) is 5.89 Å². The molecule has 0 radical (unpaired) electrons. The first-order valence-electron chi connectivity index (χ1n) is 7.98. The number of halogens is 3. The minimum absolute atomic E-state index is 0.0397. The van der Waals surface area contributed by atoms with Crippen molar-refractivity contribution >= 4 is 11.7 Å². The molecule has 1 aliphatic rings. The van der Waals surface area contributed by atoms with E-state index in [1.165, 1.54) is 7.11 Å². The summed E-state index contributed by atoms with van der Waals surface area (Å²) in [5, 5.41) is 9.31. The van der Waals surface area contributed by atoms with Crippen molar-refractivity contribution in [3.05, 3.63) is 36.0 Å². The number of hydrogen-bond acceptors (Lipinski definition) is 5. The number of aromatic nitrogens is 2. The predicted octanol–water partition coefficient (Wildman–Crippen LogP) is 3.51. The lowest BCUT2D eigenvalue weighted by molar-refractivity contribution is -0.157. The van der Waals surface area contributed by atoms with Gasteiger partial charge in [0.25, 0.3) is 0 Å². The number of nitrogens with one attached hydrogen (secondary N) is 1. The van der Waals surface area contributed by atoms with Crippen LogP contribution in [-0.2, 0) is 6.18 Å². The van der Waals surface area contributed by atoms with E-state index in [0.717, 1.165) is 0 Å². The van der Waals surface area contributed by atoms with Crippen LogP contribution in [0.4, 0.5) is 23.7 Å². The molecular weight excluding hydrogens is 353 g/mol. The molecule has 0 bridgehead atoms. The zero-order valence-electron chi connectivity index (χ0n) is 13.9. The van der Waals surface area contributed by atoms with Gasteiger partial charge >= 0.3 is 18.1 Å². The summed E-state index contributed by atoms with van der Waals surface area (Å²) in [5.74, 6) is -1.14. The number of carbonyl (C=O) groups excluding carboxylic acids is 1. The SMILES string of the molecule is COc1ccccc1NC(=O)N1CCC(c2nnc(C(F)(F)F)o2)CC1. The van der Waals surface area contributed by atoms with Gasteiger partial charge in [0.15, 0.2) is 0 Å². The van der Waals surface area contributed by atoms with Crippen molar-refractivity contribution < 1.29 is 27.1 Å². The van der Waals surface area contributed by atoms with Crippen molar-refractivity contribution in [1.29, 1.82) is 0 Å². The number of nitrogens with zero attached hydrogens (tertiary/aromatic N) is 3. The Hall–Kier alpha value is -2.78. The molecule has 2 aromatic rings. The lowest BCUT2D eigenvalue weighted by atomic mass is 9.97. The summed E-state index contributed by atoms with van der Waals surface area (Å²) in [5.41, 5.74) is 0.550. The fourth-order valence-electron chi connectivity index (χ4n) is 2.79. The van der Waals surface area contributed by atoms with Crippen LogP contribution in [0.25, 0.3) is 0 Å². The van der Waals surface area contributed by atoms with Crippen LogP contribution in [-0.4, -0.2) is 41.3 Å². The molecule has 10 heteroatoms. The molecule has 0 spiro atoms. The maximum atomic E-state index is 12.5. The van der Waals surface area contributed by atoms with Gasteiger partial charge in [0.05, 0.1) is 12.8 Å². The molecule has 1 aromatic carbocycles. The standard InChI is InChI=1S/C16H17F3N4O3/c1-25-12-5-3-2-4-11(12)20-15(24)23-8-6-10(7-9-23)13-21-22-14(26-13)16(17,18)19/h2-5,10H,6-9H2,1H3,(H,20,24). The number of alkyl halides is 3. The maximum absolute atomic E-state index is 12.5. The normalized spacial score (nSPS) is 15.8. The number of anilines is 1. The van der Waals surface area contributed by atoms with Crippen LogP contribution in [0.3, 0.4) is 0 Å². The average molecular weight is 370 g/mol. The Labute approximate surface area is 147 Å². The van der Waals surface area contributed by atoms with E-state index in [1.54, 1.807) is 29.2 Å². The Balaban J connectivity index is 1.58. The van der Waals surface area contributed by atoms with Crippen LogP contribution in [0.1, 0.15) is 30.5 Å². The van der Waals surface area contributed by atoms with Crippen molar-refractivity contribution in [2.75, 3.05) is 25.5 Å². The summed E-state index contributed by atoms with van der Waals surface area (Å²) in [6.07, 6.45) is -3.77. The molecule has 26 heavy (non-hydrogen) atoms. The molecule has 2 amide bonds. The molecule has 1 N–H and O–H groups in total. The van der Waals surface area contributed by atoms with E-state index in [2.05, 4.69) is 15.5 Å². The fraction of sp³-hybridized carbons (Fsp3) is 0.438. The third kappa shape index (κ3) is 3.89. The number of benzene rings is 1. The number of rotatable bonds is 3. The fourth-order valence-corrected chi connectivity index (χ4v) is 2.79. The first-order chi connectivity index (χ1) is 12.4. The van der Waals surface area contributed by atoms with E-state index in [-0.39, 0.29) is 17.8 Å². The Bertz CT molecular complexity index is 770. The minimum atomic E-state index is -4.65. The van der Waals surface area contributed by atoms with Gasteiger partial charge in [-0.25, -0.2) is 4.79 Å². The highest BCUT2D eigenvalue weighted by molar-refractivity contribution is 5.91. The summed E-state index contributed by atoms with van der Waals surface area (Å²) in [4.78, 5) is 14.0. The lowest BCUT2D eigenvalue weighted by Gasteiger charge is -2.30. The minimum Gasteiger partial charge on any atom is -0.495 e. The maximum Gasteiger partial charge on any atom is 0.470 e. The molecule has 3 rings (SSSR count). The summed E-state index contributed by atoms with van der Waals surface area (Å²) in [6, 6.07) is 6.73. The number of para-hydroxylation sites is 2. The molecule has 0 saturated carbocycles. The van der Waals surface area contributed by atoms with Gasteiger partial charge in [-0.15, -0.1) is 10.2 Å².